The number of aliphatic hydroxyl groups excluding tert-OH is 2. The second-order valence-corrected chi connectivity index (χ2v) is 20.0. The van der Waals surface area contributed by atoms with Crippen LogP contribution >= 0.6 is 0 Å². The van der Waals surface area contributed by atoms with Crippen LogP contribution in [0.5, 0.6) is 5.75 Å². The van der Waals surface area contributed by atoms with Gasteiger partial charge in [0.05, 0.1) is 60.9 Å². The van der Waals surface area contributed by atoms with Gasteiger partial charge in [0.1, 0.15) is 24.2 Å². The predicted molar refractivity (Wildman–Crippen MR) is 234 cm³/mol. The normalized spacial score (nSPS) is 41.0. The van der Waals surface area contributed by atoms with Crippen LogP contribution in [0.4, 0.5) is 0 Å². The summed E-state index contributed by atoms with van der Waals surface area (Å²) in [5.41, 5.74) is -0.774. The summed E-state index contributed by atoms with van der Waals surface area (Å²) in [7, 11) is 1.61. The Hall–Kier alpha value is -2.42. The molecule has 350 valence electrons. The van der Waals surface area contributed by atoms with Crippen molar-refractivity contribution in [1.29, 1.82) is 0 Å². The minimum Gasteiger partial charge on any atom is -0.497 e. The SMILES string of the molecule is CC[C@@H](C(=O)[C@@H](C)[C@@H](O)[C@H](C)[C@@H]1O[C@@H]([C@@H](CC)C(=O)OCc2ccc(OC)cc2)CC[C@@H]1C)[C@H]1O[C@]2(C=C[C@@H](O)[C@]3(CC[C@@](C)([C@H]4CC[C@](O)(CC)[C@H](C)O4)O3)O2)[C@H](C)C[C@@H]1C. The molecule has 12 nitrogen and oxygen atoms in total. The Bertz CT molecular complexity index is 1700. The summed E-state index contributed by atoms with van der Waals surface area (Å²) < 4.78 is 45.0. The van der Waals surface area contributed by atoms with Gasteiger partial charge in [-0.2, -0.15) is 0 Å². The second kappa shape index (κ2) is 19.6. The van der Waals surface area contributed by atoms with Crippen LogP contribution in [0.2, 0.25) is 0 Å². The Morgan fingerprint density at radius 2 is 1.58 bits per heavy atom. The van der Waals surface area contributed by atoms with Gasteiger partial charge in [0.15, 0.2) is 5.79 Å². The molecule has 3 N–H and O–H groups in total. The van der Waals surface area contributed by atoms with E-state index in [1.54, 1.807) is 26.2 Å². The van der Waals surface area contributed by atoms with Crippen LogP contribution in [0.3, 0.4) is 0 Å². The Morgan fingerprint density at radius 1 is 0.887 bits per heavy atom. The van der Waals surface area contributed by atoms with Crippen molar-refractivity contribution in [1.82, 2.24) is 0 Å². The molecule has 0 bridgehead atoms. The average Bonchev–Trinajstić information content (AvgIpc) is 3.61. The molecule has 1 aromatic carbocycles. The van der Waals surface area contributed by atoms with E-state index >= 15 is 0 Å². The number of Topliss-reactive ketones (excluding diaryl/α,β-unsaturated/α-hetero) is 1. The molecule has 0 unspecified atom stereocenters. The smallest absolute Gasteiger partial charge is 0.311 e. The van der Waals surface area contributed by atoms with Gasteiger partial charge in [0, 0.05) is 30.1 Å². The fourth-order valence-corrected chi connectivity index (χ4v) is 11.5. The quantitative estimate of drug-likeness (QED) is 0.116. The number of rotatable bonds is 15. The summed E-state index contributed by atoms with van der Waals surface area (Å²) in [6.45, 7) is 20.0. The Kier molecular flexibility index (Phi) is 15.5. The molecule has 6 rings (SSSR count). The number of carbonyl (C=O) groups is 2. The summed E-state index contributed by atoms with van der Waals surface area (Å²) in [6.07, 6.45) is 5.73. The molecule has 0 amide bonds. The maximum Gasteiger partial charge on any atom is 0.311 e. The molecule has 1 aromatic rings. The zero-order valence-corrected chi connectivity index (χ0v) is 39.3. The van der Waals surface area contributed by atoms with Crippen molar-refractivity contribution >= 4 is 11.8 Å². The number of hydrogen-bond acceptors (Lipinski definition) is 12. The maximum atomic E-state index is 14.7. The molecule has 0 saturated carbocycles. The predicted octanol–water partition coefficient (Wildman–Crippen LogP) is 7.86. The molecule has 0 aromatic heterocycles. The molecular formula is C50H78O12. The van der Waals surface area contributed by atoms with Gasteiger partial charge >= 0.3 is 5.97 Å². The van der Waals surface area contributed by atoms with Crippen LogP contribution in [0.15, 0.2) is 36.4 Å². The van der Waals surface area contributed by atoms with Gasteiger partial charge in [-0.1, -0.05) is 67.5 Å². The first-order valence-electron chi connectivity index (χ1n) is 23.8. The molecule has 0 radical (unpaired) electrons. The van der Waals surface area contributed by atoms with E-state index in [2.05, 4.69) is 20.8 Å². The lowest BCUT2D eigenvalue weighted by molar-refractivity contribution is -0.409. The molecule has 4 saturated heterocycles. The molecule has 12 heteroatoms. The fraction of sp³-hybridized carbons (Fsp3) is 0.800. The number of ether oxygens (including phenoxy) is 7. The number of benzene rings is 1. The monoisotopic (exact) mass is 871 g/mol. The van der Waals surface area contributed by atoms with Crippen LogP contribution < -0.4 is 4.74 Å². The fourth-order valence-electron chi connectivity index (χ4n) is 11.5. The molecule has 5 aliphatic rings. The van der Waals surface area contributed by atoms with E-state index in [-0.39, 0.29) is 66.4 Å². The van der Waals surface area contributed by atoms with Crippen LogP contribution in [0.1, 0.15) is 139 Å². The van der Waals surface area contributed by atoms with Crippen molar-refractivity contribution in [3.05, 3.63) is 42.0 Å². The van der Waals surface area contributed by atoms with Gasteiger partial charge < -0.3 is 48.5 Å². The number of methoxy groups -OCH3 is 1. The maximum absolute atomic E-state index is 14.7. The minimum atomic E-state index is -1.38. The van der Waals surface area contributed by atoms with Crippen LogP contribution in [-0.4, -0.2) is 99.7 Å². The van der Waals surface area contributed by atoms with Crippen molar-refractivity contribution in [2.45, 2.75) is 206 Å². The molecule has 2 spiro atoms. The van der Waals surface area contributed by atoms with E-state index in [1.807, 2.05) is 65.8 Å². The summed E-state index contributed by atoms with van der Waals surface area (Å²) in [6, 6.07) is 7.43. The molecule has 5 heterocycles. The van der Waals surface area contributed by atoms with Crippen molar-refractivity contribution in [3.8, 4) is 5.75 Å². The summed E-state index contributed by atoms with van der Waals surface area (Å²) in [4.78, 5) is 28.1. The number of ketones is 1. The number of esters is 1. The Balaban J connectivity index is 1.11. The lowest BCUT2D eigenvalue weighted by atomic mass is 9.72. The van der Waals surface area contributed by atoms with Crippen LogP contribution in [0.25, 0.3) is 0 Å². The highest BCUT2D eigenvalue weighted by Gasteiger charge is 2.63. The largest absolute Gasteiger partial charge is 0.497 e. The first-order chi connectivity index (χ1) is 29.3. The van der Waals surface area contributed by atoms with Gasteiger partial charge in [-0.3, -0.25) is 9.59 Å². The summed E-state index contributed by atoms with van der Waals surface area (Å²) >= 11 is 0. The first-order valence-corrected chi connectivity index (χ1v) is 23.8. The molecule has 5 aliphatic heterocycles. The first kappa shape index (κ1) is 49.0. The highest BCUT2D eigenvalue weighted by Crippen LogP contribution is 2.54. The average molecular weight is 871 g/mol. The van der Waals surface area contributed by atoms with Crippen LogP contribution in [-0.2, 0) is 44.6 Å². The third-order valence-electron chi connectivity index (χ3n) is 16.0. The van der Waals surface area contributed by atoms with Crippen molar-refractivity contribution in [2.24, 2.45) is 41.4 Å². The second-order valence-electron chi connectivity index (χ2n) is 20.0. The zero-order valence-electron chi connectivity index (χ0n) is 39.3. The third-order valence-corrected chi connectivity index (χ3v) is 16.0. The highest BCUT2D eigenvalue weighted by molar-refractivity contribution is 5.84. The van der Waals surface area contributed by atoms with E-state index in [0.717, 1.165) is 17.7 Å². The molecule has 0 aliphatic carbocycles. The van der Waals surface area contributed by atoms with Crippen molar-refractivity contribution in [2.75, 3.05) is 7.11 Å². The van der Waals surface area contributed by atoms with E-state index in [9.17, 15) is 24.9 Å². The molecular weight excluding hydrogens is 793 g/mol. The van der Waals surface area contributed by atoms with E-state index in [1.165, 1.54) is 0 Å². The Labute approximate surface area is 370 Å². The molecule has 4 fully saturated rings. The van der Waals surface area contributed by atoms with Crippen molar-refractivity contribution < 1.29 is 58.1 Å². The lowest BCUT2D eigenvalue weighted by Crippen LogP contribution is -2.63. The molecule has 62 heavy (non-hydrogen) atoms. The van der Waals surface area contributed by atoms with Crippen molar-refractivity contribution in [3.63, 3.8) is 0 Å². The highest BCUT2D eigenvalue weighted by atomic mass is 16.8. The van der Waals surface area contributed by atoms with Gasteiger partial charge in [0.25, 0.3) is 0 Å². The lowest BCUT2D eigenvalue weighted by Gasteiger charge is -2.54. The summed E-state index contributed by atoms with van der Waals surface area (Å²) in [5.74, 6) is -4.36. The zero-order chi connectivity index (χ0) is 45.4. The number of hydrogen-bond donors (Lipinski definition) is 3. The summed E-state index contributed by atoms with van der Waals surface area (Å²) in [5, 5.41) is 34.6. The molecule has 18 atom stereocenters. The number of carbonyl (C=O) groups excluding carboxylic acids is 2. The van der Waals surface area contributed by atoms with Gasteiger partial charge in [0.2, 0.25) is 5.79 Å². The van der Waals surface area contributed by atoms with Gasteiger partial charge in [-0.25, -0.2) is 0 Å². The van der Waals surface area contributed by atoms with E-state index in [0.29, 0.717) is 57.8 Å². The topological polar surface area (TPSA) is 159 Å². The minimum absolute atomic E-state index is 0.00760. The van der Waals surface area contributed by atoms with E-state index < -0.39 is 58.8 Å². The van der Waals surface area contributed by atoms with Gasteiger partial charge in [-0.05, 0) is 113 Å². The van der Waals surface area contributed by atoms with E-state index in [4.69, 9.17) is 33.2 Å². The third kappa shape index (κ3) is 9.60. The van der Waals surface area contributed by atoms with Gasteiger partial charge in [-0.15, -0.1) is 0 Å². The standard InChI is InChI=1S/C50H78O12/c1-12-37(46(54)57-28-35-16-18-36(56-11)19-17-35)39-20-15-29(4)44(59-39)33(8)42(52)32(7)43(53)38(13-2)45-30(5)27-31(6)49(60-45)24-21-40(51)50(62-49)26-25-47(10,61-50)41-22-23-48(55,14-3)34(9)58-41/h16-19,21,24,29-34,37-42,44-45,51-52,55H,12-15,20,22-23,25-28H2,1-11H3/t29-,30-,31+,32-,33-,34-,37+,38-,39+,40+,41+,42+,44+,45-,47-,48+,49-,50-/m0/s1. The van der Waals surface area contributed by atoms with Crippen LogP contribution in [0, 0.1) is 41.4 Å². The Morgan fingerprint density at radius 3 is 2.21 bits per heavy atom. The number of aliphatic hydroxyl groups is 3.